The van der Waals surface area contributed by atoms with E-state index >= 15 is 0 Å². The first kappa shape index (κ1) is 11.1. The van der Waals surface area contributed by atoms with Crippen LogP contribution in [0.2, 0.25) is 0 Å². The molecule has 21 heavy (non-hydrogen) atoms. The number of pyridine rings is 1. The molecular formula is C17H15N4+. The Morgan fingerprint density at radius 2 is 2.00 bits per heavy atom. The van der Waals surface area contributed by atoms with Gasteiger partial charge in [0.15, 0.2) is 5.52 Å². The van der Waals surface area contributed by atoms with Crippen LogP contribution in [-0.2, 0) is 20.6 Å². The Morgan fingerprint density at radius 1 is 1.14 bits per heavy atom. The van der Waals surface area contributed by atoms with E-state index in [0.29, 0.717) is 0 Å². The van der Waals surface area contributed by atoms with Gasteiger partial charge in [-0.3, -0.25) is 9.55 Å². The molecule has 4 nitrogen and oxygen atoms in total. The smallest absolute Gasteiger partial charge is 0.259 e. The zero-order valence-electron chi connectivity index (χ0n) is 12.0. The van der Waals surface area contributed by atoms with Crippen LogP contribution in [0.5, 0.6) is 0 Å². The Hall–Kier alpha value is -2.62. The van der Waals surface area contributed by atoms with Crippen molar-refractivity contribution in [3.8, 4) is 11.4 Å². The van der Waals surface area contributed by atoms with E-state index in [9.17, 15) is 0 Å². The third kappa shape index (κ3) is 1.17. The van der Waals surface area contributed by atoms with Crippen LogP contribution in [-0.4, -0.2) is 14.1 Å². The van der Waals surface area contributed by atoms with Crippen LogP contribution in [0.3, 0.4) is 0 Å². The summed E-state index contributed by atoms with van der Waals surface area (Å²) in [7, 11) is 4.29. The lowest BCUT2D eigenvalue weighted by Crippen LogP contribution is -2.31. The SMILES string of the molecule is Cn1c2ccccc2c2c1[n+](C)c1n2Cc2ncccc2-1. The van der Waals surface area contributed by atoms with Gasteiger partial charge in [0, 0.05) is 6.20 Å². The summed E-state index contributed by atoms with van der Waals surface area (Å²) < 4.78 is 6.98. The largest absolute Gasteiger partial charge is 0.269 e. The highest BCUT2D eigenvalue weighted by Gasteiger charge is 2.34. The zero-order chi connectivity index (χ0) is 14.1. The molecule has 0 spiro atoms. The number of rotatable bonds is 0. The monoisotopic (exact) mass is 275 g/mol. The van der Waals surface area contributed by atoms with E-state index in [-0.39, 0.29) is 0 Å². The van der Waals surface area contributed by atoms with Crippen molar-refractivity contribution < 1.29 is 4.57 Å². The fourth-order valence-electron chi connectivity index (χ4n) is 3.79. The molecule has 4 aromatic rings. The average molecular weight is 275 g/mol. The van der Waals surface area contributed by atoms with Crippen molar-refractivity contribution in [3.05, 3.63) is 48.3 Å². The summed E-state index contributed by atoms with van der Waals surface area (Å²) in [5.74, 6) is 1.25. The first-order chi connectivity index (χ1) is 10.3. The van der Waals surface area contributed by atoms with Gasteiger partial charge in [0.05, 0.1) is 30.7 Å². The summed E-state index contributed by atoms with van der Waals surface area (Å²) in [6.07, 6.45) is 1.88. The Labute approximate surface area is 121 Å². The number of para-hydroxylation sites is 1. The number of imidazole rings is 1. The number of fused-ring (bicyclic) bond motifs is 7. The molecule has 0 fully saturated rings. The first-order valence-electron chi connectivity index (χ1n) is 7.17. The Morgan fingerprint density at radius 3 is 2.90 bits per heavy atom. The molecule has 4 heterocycles. The van der Waals surface area contributed by atoms with Gasteiger partial charge >= 0.3 is 0 Å². The molecular weight excluding hydrogens is 260 g/mol. The molecule has 0 aliphatic carbocycles. The summed E-state index contributed by atoms with van der Waals surface area (Å²) in [6, 6.07) is 12.8. The van der Waals surface area contributed by atoms with Crippen molar-refractivity contribution in [3.63, 3.8) is 0 Å². The van der Waals surface area contributed by atoms with Gasteiger partial charge in [0.25, 0.3) is 5.65 Å². The van der Waals surface area contributed by atoms with Crippen molar-refractivity contribution in [2.75, 3.05) is 0 Å². The van der Waals surface area contributed by atoms with Gasteiger partial charge in [0.1, 0.15) is 12.1 Å². The number of nitrogens with zero attached hydrogens (tertiary/aromatic N) is 4. The molecule has 1 aliphatic rings. The second-order valence-corrected chi connectivity index (χ2v) is 5.71. The fourth-order valence-corrected chi connectivity index (χ4v) is 3.79. The predicted octanol–water partition coefficient (Wildman–Crippen LogP) is 2.38. The zero-order valence-corrected chi connectivity index (χ0v) is 12.0. The molecule has 0 amide bonds. The van der Waals surface area contributed by atoms with Crippen molar-refractivity contribution in [1.82, 2.24) is 14.1 Å². The highest BCUT2D eigenvalue weighted by molar-refractivity contribution is 6.04. The fraction of sp³-hybridized carbons (Fsp3) is 0.176. The van der Waals surface area contributed by atoms with E-state index in [0.717, 1.165) is 12.2 Å². The van der Waals surface area contributed by atoms with Gasteiger partial charge in [-0.1, -0.05) is 12.1 Å². The molecule has 0 bridgehead atoms. The van der Waals surface area contributed by atoms with E-state index in [4.69, 9.17) is 0 Å². The van der Waals surface area contributed by atoms with E-state index in [1.807, 2.05) is 12.3 Å². The van der Waals surface area contributed by atoms with E-state index in [1.54, 1.807) is 0 Å². The Balaban J connectivity index is 2.03. The predicted molar refractivity (Wildman–Crippen MR) is 81.9 cm³/mol. The average Bonchev–Trinajstić information content (AvgIpc) is 3.11. The summed E-state index contributed by atoms with van der Waals surface area (Å²) >= 11 is 0. The maximum absolute atomic E-state index is 4.54. The summed E-state index contributed by atoms with van der Waals surface area (Å²) in [5.41, 5.74) is 6.26. The van der Waals surface area contributed by atoms with Crippen molar-refractivity contribution >= 4 is 22.1 Å². The minimum absolute atomic E-state index is 0.858. The van der Waals surface area contributed by atoms with Gasteiger partial charge in [-0.2, -0.15) is 0 Å². The van der Waals surface area contributed by atoms with Gasteiger partial charge in [0.2, 0.25) is 5.82 Å². The minimum Gasteiger partial charge on any atom is -0.259 e. The molecule has 0 saturated carbocycles. The normalized spacial score (nSPS) is 13.0. The van der Waals surface area contributed by atoms with Crippen LogP contribution in [0.25, 0.3) is 33.5 Å². The molecule has 0 atom stereocenters. The second-order valence-electron chi connectivity index (χ2n) is 5.71. The maximum atomic E-state index is 4.54. The van der Waals surface area contributed by atoms with Crippen LogP contribution in [0, 0.1) is 0 Å². The summed E-state index contributed by atoms with van der Waals surface area (Å²) in [6.45, 7) is 0.858. The Kier molecular flexibility index (Phi) is 1.86. The van der Waals surface area contributed by atoms with Crippen molar-refractivity contribution in [1.29, 1.82) is 0 Å². The highest BCUT2D eigenvalue weighted by Crippen LogP contribution is 2.36. The molecule has 4 heteroatoms. The molecule has 0 unspecified atom stereocenters. The topological polar surface area (TPSA) is 26.6 Å². The van der Waals surface area contributed by atoms with Crippen LogP contribution in [0.4, 0.5) is 0 Å². The molecule has 0 radical (unpaired) electrons. The standard InChI is InChI=1S/C17H15N4/c1-19-14-8-4-3-6-12(14)15-17(19)20(2)16-11-7-5-9-18-13(11)10-21(15)16/h3-9H,10H2,1-2H3/q+1. The third-order valence-corrected chi connectivity index (χ3v) is 4.65. The molecule has 0 saturated heterocycles. The van der Waals surface area contributed by atoms with Gasteiger partial charge < -0.3 is 0 Å². The van der Waals surface area contributed by atoms with Crippen molar-refractivity contribution in [2.24, 2.45) is 14.1 Å². The third-order valence-electron chi connectivity index (χ3n) is 4.65. The van der Waals surface area contributed by atoms with Crippen LogP contribution in [0.15, 0.2) is 42.6 Å². The second kappa shape index (κ2) is 3.52. The van der Waals surface area contributed by atoms with Gasteiger partial charge in [-0.05, 0) is 24.3 Å². The van der Waals surface area contributed by atoms with Crippen LogP contribution >= 0.6 is 0 Å². The number of aromatic nitrogens is 4. The number of aryl methyl sites for hydroxylation is 2. The number of hydrogen-bond acceptors (Lipinski definition) is 1. The lowest BCUT2D eigenvalue weighted by atomic mass is 10.2. The van der Waals surface area contributed by atoms with Gasteiger partial charge in [-0.15, -0.1) is 0 Å². The van der Waals surface area contributed by atoms with E-state index in [2.05, 4.69) is 63.1 Å². The van der Waals surface area contributed by atoms with Gasteiger partial charge in [-0.25, -0.2) is 9.13 Å². The lowest BCUT2D eigenvalue weighted by molar-refractivity contribution is -0.636. The first-order valence-corrected chi connectivity index (χ1v) is 7.17. The Bertz CT molecular complexity index is 1040. The lowest BCUT2D eigenvalue weighted by Gasteiger charge is -1.98. The summed E-state index contributed by atoms with van der Waals surface area (Å²) in [4.78, 5) is 4.54. The molecule has 1 aromatic carbocycles. The maximum Gasteiger partial charge on any atom is 0.269 e. The minimum atomic E-state index is 0.858. The molecule has 102 valence electrons. The highest BCUT2D eigenvalue weighted by atomic mass is 15.2. The molecule has 0 N–H and O–H groups in total. The summed E-state index contributed by atoms with van der Waals surface area (Å²) in [5, 5.41) is 1.31. The molecule has 1 aliphatic heterocycles. The number of benzene rings is 1. The quantitative estimate of drug-likeness (QED) is 0.399. The van der Waals surface area contributed by atoms with Crippen molar-refractivity contribution in [2.45, 2.75) is 6.54 Å². The number of hydrogen-bond donors (Lipinski definition) is 0. The van der Waals surface area contributed by atoms with Crippen LogP contribution < -0.4 is 4.57 Å². The van der Waals surface area contributed by atoms with E-state index < -0.39 is 0 Å². The van der Waals surface area contributed by atoms with Crippen LogP contribution in [0.1, 0.15) is 5.69 Å². The molecule has 5 rings (SSSR count). The molecule has 3 aromatic heterocycles. The van der Waals surface area contributed by atoms with E-state index in [1.165, 1.54) is 33.5 Å².